The number of carbonyl (C=O) groups is 1. The van der Waals surface area contributed by atoms with E-state index in [-0.39, 0.29) is 17.4 Å². The first-order chi connectivity index (χ1) is 14.1. The molecule has 1 saturated heterocycles. The monoisotopic (exact) mass is 391 g/mol. The zero-order valence-corrected chi connectivity index (χ0v) is 16.0. The van der Waals surface area contributed by atoms with Gasteiger partial charge >= 0.3 is 0 Å². The van der Waals surface area contributed by atoms with Crippen molar-refractivity contribution in [2.75, 3.05) is 13.1 Å². The minimum absolute atomic E-state index is 0.0379. The van der Waals surface area contributed by atoms with E-state index in [9.17, 15) is 9.59 Å². The Morgan fingerprint density at radius 2 is 1.90 bits per heavy atom. The lowest BCUT2D eigenvalue weighted by molar-refractivity contribution is 0.0694. The summed E-state index contributed by atoms with van der Waals surface area (Å²) in [7, 11) is 0. The van der Waals surface area contributed by atoms with Gasteiger partial charge in [-0.15, -0.1) is 5.10 Å². The zero-order chi connectivity index (χ0) is 20.0. The molecule has 5 rings (SSSR count). The van der Waals surface area contributed by atoms with Crippen LogP contribution < -0.4 is 5.56 Å². The van der Waals surface area contributed by atoms with Crippen LogP contribution in [0.5, 0.6) is 0 Å². The van der Waals surface area contributed by atoms with Crippen molar-refractivity contribution in [3.05, 3.63) is 70.7 Å². The second-order valence-corrected chi connectivity index (χ2v) is 7.32. The molecule has 1 fully saturated rings. The molecule has 0 atom stereocenters. The maximum absolute atomic E-state index is 13.1. The molecule has 0 unspecified atom stereocenters. The van der Waals surface area contributed by atoms with Gasteiger partial charge in [0.25, 0.3) is 11.5 Å². The summed E-state index contributed by atoms with van der Waals surface area (Å²) >= 11 is 0. The van der Waals surface area contributed by atoms with Crippen LogP contribution >= 0.6 is 0 Å². The molecule has 29 heavy (non-hydrogen) atoms. The van der Waals surface area contributed by atoms with Crippen molar-refractivity contribution in [2.45, 2.75) is 25.8 Å². The first-order valence-electron chi connectivity index (χ1n) is 9.66. The van der Waals surface area contributed by atoms with Crippen LogP contribution in [0.1, 0.15) is 34.9 Å². The average Bonchev–Trinajstić information content (AvgIpc) is 3.48. The molecule has 4 aromatic rings. The first kappa shape index (κ1) is 17.5. The Balaban J connectivity index is 1.38. The van der Waals surface area contributed by atoms with Crippen LogP contribution in [0.25, 0.3) is 11.5 Å². The molecule has 148 valence electrons. The van der Waals surface area contributed by atoms with Gasteiger partial charge in [0.2, 0.25) is 5.95 Å². The largest absolute Gasteiger partial charge is 0.351 e. The van der Waals surface area contributed by atoms with Gasteiger partial charge in [0, 0.05) is 37.7 Å². The molecule has 0 saturated carbocycles. The van der Waals surface area contributed by atoms with Crippen molar-refractivity contribution in [3.8, 4) is 5.95 Å². The Labute approximate surface area is 166 Å². The molecule has 4 aromatic heterocycles. The van der Waals surface area contributed by atoms with E-state index in [4.69, 9.17) is 0 Å². The van der Waals surface area contributed by atoms with E-state index in [2.05, 4.69) is 32.1 Å². The van der Waals surface area contributed by atoms with Crippen LogP contribution in [0.2, 0.25) is 0 Å². The number of likely N-dealkylation sites (tertiary alicyclic amines) is 1. The fraction of sp³-hybridized carbons (Fsp3) is 0.300. The Kier molecular flexibility index (Phi) is 4.08. The summed E-state index contributed by atoms with van der Waals surface area (Å²) in [6.45, 7) is 3.22. The highest BCUT2D eigenvalue weighted by Gasteiger charge is 2.27. The van der Waals surface area contributed by atoms with E-state index in [1.807, 2.05) is 24.0 Å². The van der Waals surface area contributed by atoms with Crippen molar-refractivity contribution >= 4 is 11.4 Å². The number of aromatic nitrogens is 6. The summed E-state index contributed by atoms with van der Waals surface area (Å²) in [5.41, 5.74) is 1.38. The molecule has 1 aliphatic rings. The fourth-order valence-electron chi connectivity index (χ4n) is 3.99. The normalized spacial score (nSPS) is 15.3. The minimum atomic E-state index is -0.255. The van der Waals surface area contributed by atoms with Crippen LogP contribution in [-0.2, 0) is 0 Å². The van der Waals surface area contributed by atoms with Gasteiger partial charge in [-0.3, -0.25) is 14.6 Å². The lowest BCUT2D eigenvalue weighted by atomic mass is 10.0. The van der Waals surface area contributed by atoms with Gasteiger partial charge in [-0.05, 0) is 44.0 Å². The van der Waals surface area contributed by atoms with Crippen molar-refractivity contribution in [1.29, 1.82) is 0 Å². The maximum atomic E-state index is 13.1. The Morgan fingerprint density at radius 3 is 2.66 bits per heavy atom. The van der Waals surface area contributed by atoms with E-state index < -0.39 is 0 Å². The van der Waals surface area contributed by atoms with Crippen LogP contribution in [0, 0.1) is 6.92 Å². The van der Waals surface area contributed by atoms with Gasteiger partial charge in [0.15, 0.2) is 0 Å². The number of carbonyl (C=O) groups excluding carboxylic acids is 1. The summed E-state index contributed by atoms with van der Waals surface area (Å²) in [5.74, 6) is 0.241. The van der Waals surface area contributed by atoms with Crippen LogP contribution in [0.3, 0.4) is 0 Å². The summed E-state index contributed by atoms with van der Waals surface area (Å²) < 4.78 is 5.22. The number of fused-ring (bicyclic) bond motifs is 1. The van der Waals surface area contributed by atoms with E-state index >= 15 is 0 Å². The third kappa shape index (κ3) is 2.95. The van der Waals surface area contributed by atoms with Crippen LogP contribution in [0.15, 0.2) is 53.8 Å². The number of nitrogens with one attached hydrogen (secondary N) is 1. The van der Waals surface area contributed by atoms with Gasteiger partial charge in [-0.2, -0.15) is 5.10 Å². The lowest BCUT2D eigenvalue weighted by Gasteiger charge is -2.32. The Bertz CT molecular complexity index is 1220. The lowest BCUT2D eigenvalue weighted by Crippen LogP contribution is -2.39. The maximum Gasteiger partial charge on any atom is 0.276 e. The number of amides is 1. The van der Waals surface area contributed by atoms with Crippen LogP contribution in [-0.4, -0.2) is 52.8 Å². The average molecular weight is 391 g/mol. The molecule has 5 heterocycles. The van der Waals surface area contributed by atoms with Crippen molar-refractivity contribution in [2.24, 2.45) is 0 Å². The predicted octanol–water partition coefficient (Wildman–Crippen LogP) is 1.80. The second kappa shape index (κ2) is 6.77. The molecular formula is C20H21N7O2. The molecule has 0 aliphatic carbocycles. The number of hydrogen-bond donors (Lipinski definition) is 1. The molecule has 1 amide bonds. The SMILES string of the molecule is Cc1c(C(=O)N2CCC(n3cccc3)CC2)cnn1-c1nn2cccc2c(=O)[nH]1. The Morgan fingerprint density at radius 1 is 1.14 bits per heavy atom. The van der Waals surface area contributed by atoms with E-state index in [1.54, 1.807) is 24.5 Å². The van der Waals surface area contributed by atoms with Gasteiger partial charge < -0.3 is 9.47 Å². The first-order valence-corrected chi connectivity index (χ1v) is 9.66. The second-order valence-electron chi connectivity index (χ2n) is 7.32. The summed E-state index contributed by atoms with van der Waals surface area (Å²) in [6, 6.07) is 7.93. The predicted molar refractivity (Wildman–Crippen MR) is 106 cm³/mol. The molecule has 0 bridgehead atoms. The molecular weight excluding hydrogens is 370 g/mol. The molecule has 9 nitrogen and oxygen atoms in total. The standard InChI is InChI=1S/C20H21N7O2/c1-14-16(19(29)25-11-6-15(7-12-25)24-8-2-3-9-24)13-21-27(14)20-22-18(28)17-5-4-10-26(17)23-20/h2-5,8-10,13,15H,6-7,11-12H2,1H3,(H,22,23,28). The highest BCUT2D eigenvalue weighted by Crippen LogP contribution is 2.24. The highest BCUT2D eigenvalue weighted by atomic mass is 16.2. The smallest absolute Gasteiger partial charge is 0.276 e. The fourth-order valence-corrected chi connectivity index (χ4v) is 3.99. The summed E-state index contributed by atoms with van der Waals surface area (Å²) in [4.78, 5) is 29.9. The van der Waals surface area contributed by atoms with Crippen LogP contribution in [0.4, 0.5) is 0 Å². The van der Waals surface area contributed by atoms with Crippen molar-refractivity contribution in [1.82, 2.24) is 33.8 Å². The minimum Gasteiger partial charge on any atom is -0.351 e. The number of nitrogens with zero attached hydrogens (tertiary/aromatic N) is 6. The molecule has 0 aromatic carbocycles. The van der Waals surface area contributed by atoms with Gasteiger partial charge in [-0.1, -0.05) is 0 Å². The topological polar surface area (TPSA) is 93.2 Å². The van der Waals surface area contributed by atoms with Gasteiger partial charge in [0.05, 0.1) is 17.5 Å². The van der Waals surface area contributed by atoms with Gasteiger partial charge in [-0.25, -0.2) is 9.20 Å². The van der Waals surface area contributed by atoms with E-state index in [0.717, 1.165) is 12.8 Å². The quantitative estimate of drug-likeness (QED) is 0.576. The number of piperidine rings is 1. The summed E-state index contributed by atoms with van der Waals surface area (Å²) in [6.07, 6.45) is 9.25. The molecule has 0 radical (unpaired) electrons. The number of rotatable bonds is 3. The third-order valence-electron chi connectivity index (χ3n) is 5.63. The van der Waals surface area contributed by atoms with Crippen molar-refractivity contribution < 1.29 is 4.79 Å². The molecule has 0 spiro atoms. The van der Waals surface area contributed by atoms with Crippen molar-refractivity contribution in [3.63, 3.8) is 0 Å². The molecule has 1 N–H and O–H groups in total. The Hall–Kier alpha value is -3.62. The van der Waals surface area contributed by atoms with Gasteiger partial charge in [0.1, 0.15) is 5.52 Å². The van der Waals surface area contributed by atoms with E-state index in [1.165, 1.54) is 9.20 Å². The molecule has 1 aliphatic heterocycles. The number of hydrogen-bond acceptors (Lipinski definition) is 4. The number of aromatic amines is 1. The number of H-pyrrole nitrogens is 1. The summed E-state index contributed by atoms with van der Waals surface area (Å²) in [5, 5.41) is 8.69. The van der Waals surface area contributed by atoms with E-state index in [0.29, 0.717) is 35.9 Å². The molecule has 9 heteroatoms. The zero-order valence-electron chi connectivity index (χ0n) is 16.0. The third-order valence-corrected chi connectivity index (χ3v) is 5.63. The highest BCUT2D eigenvalue weighted by molar-refractivity contribution is 5.95.